The fourth-order valence-electron chi connectivity index (χ4n) is 3.96. The minimum atomic E-state index is -0.693. The van der Waals surface area contributed by atoms with Gasteiger partial charge in [0.15, 0.2) is 0 Å². The first-order chi connectivity index (χ1) is 13.2. The summed E-state index contributed by atoms with van der Waals surface area (Å²) in [7, 11) is 1.38. The number of para-hydroxylation sites is 2. The Morgan fingerprint density at radius 3 is 3.00 bits per heavy atom. The molecule has 2 aromatic heterocycles. The third-order valence-corrected chi connectivity index (χ3v) is 6.34. The maximum atomic E-state index is 12.2. The average Bonchev–Trinajstić information content (AvgIpc) is 3.26. The minimum absolute atomic E-state index is 0.361. The molecule has 7 heteroatoms. The number of benzene rings is 1. The number of nitrogens with zero attached hydrogens (tertiary/aromatic N) is 3. The van der Waals surface area contributed by atoms with Crippen molar-refractivity contribution in [1.29, 1.82) is 0 Å². The number of ether oxygens (including phenoxy) is 2. The highest BCUT2D eigenvalue weighted by Gasteiger charge is 2.35. The Hall–Kier alpha value is -2.67. The van der Waals surface area contributed by atoms with Gasteiger partial charge in [0.05, 0.1) is 24.7 Å². The van der Waals surface area contributed by atoms with Crippen molar-refractivity contribution in [3.05, 3.63) is 40.5 Å². The highest BCUT2D eigenvalue weighted by molar-refractivity contribution is 7.19. The second-order valence-electron chi connectivity index (χ2n) is 6.84. The maximum absolute atomic E-state index is 12.2. The molecule has 0 spiro atoms. The van der Waals surface area contributed by atoms with Gasteiger partial charge < -0.3 is 14.4 Å². The molecule has 6 nitrogen and oxygen atoms in total. The molecule has 0 unspecified atom stereocenters. The van der Waals surface area contributed by atoms with Crippen LogP contribution in [0, 0.1) is 6.92 Å². The standard InChI is InChI=1S/C20H19N3O3S/c1-11-21-18(17-12-6-5-9-16(12)27-19(17)22-11)23-10-15(20(24)25-2)26-14-8-4-3-7-13(14)23/h3-4,7-8,15H,5-6,9-10H2,1-2H3/t15-/m1/s1. The van der Waals surface area contributed by atoms with Crippen LogP contribution in [0.15, 0.2) is 24.3 Å². The van der Waals surface area contributed by atoms with Gasteiger partial charge in [-0.15, -0.1) is 11.3 Å². The lowest BCUT2D eigenvalue weighted by atomic mass is 10.1. The largest absolute Gasteiger partial charge is 0.475 e. The van der Waals surface area contributed by atoms with E-state index in [1.165, 1.54) is 24.0 Å². The van der Waals surface area contributed by atoms with E-state index < -0.39 is 6.10 Å². The zero-order valence-electron chi connectivity index (χ0n) is 15.2. The lowest BCUT2D eigenvalue weighted by Crippen LogP contribution is -2.43. The van der Waals surface area contributed by atoms with Crippen molar-refractivity contribution in [3.8, 4) is 5.75 Å². The van der Waals surface area contributed by atoms with Crippen molar-refractivity contribution in [3.63, 3.8) is 0 Å². The lowest BCUT2D eigenvalue weighted by Gasteiger charge is -2.34. The molecule has 1 aromatic carbocycles. The molecule has 1 atom stereocenters. The number of thiophene rings is 1. The van der Waals surface area contributed by atoms with E-state index in [0.29, 0.717) is 12.3 Å². The second-order valence-corrected chi connectivity index (χ2v) is 7.92. The second kappa shape index (κ2) is 6.20. The average molecular weight is 381 g/mol. The van der Waals surface area contributed by atoms with Gasteiger partial charge in [-0.3, -0.25) is 0 Å². The number of hydrogen-bond donors (Lipinski definition) is 0. The van der Waals surface area contributed by atoms with Crippen molar-refractivity contribution in [1.82, 2.24) is 9.97 Å². The van der Waals surface area contributed by atoms with E-state index in [0.717, 1.165) is 40.4 Å². The molecule has 27 heavy (non-hydrogen) atoms. The fraction of sp³-hybridized carbons (Fsp3) is 0.350. The Kier molecular flexibility index (Phi) is 3.79. The normalized spacial score (nSPS) is 18.1. The molecule has 5 rings (SSSR count). The molecule has 0 N–H and O–H groups in total. The van der Waals surface area contributed by atoms with Crippen LogP contribution in [0.25, 0.3) is 10.2 Å². The van der Waals surface area contributed by atoms with Crippen LogP contribution in [0.1, 0.15) is 22.7 Å². The summed E-state index contributed by atoms with van der Waals surface area (Å²) in [5.74, 6) is 1.88. The number of anilines is 2. The molecule has 1 aliphatic heterocycles. The number of methoxy groups -OCH3 is 1. The molecule has 0 saturated heterocycles. The molecular formula is C20H19N3O3S. The van der Waals surface area contributed by atoms with Crippen molar-refractivity contribution >= 4 is 39.0 Å². The predicted octanol–water partition coefficient (Wildman–Crippen LogP) is 3.56. The first kappa shape index (κ1) is 16.5. The van der Waals surface area contributed by atoms with E-state index in [9.17, 15) is 4.79 Å². The Morgan fingerprint density at radius 2 is 2.15 bits per heavy atom. The van der Waals surface area contributed by atoms with Gasteiger partial charge in [-0.05, 0) is 43.9 Å². The molecule has 0 radical (unpaired) electrons. The van der Waals surface area contributed by atoms with E-state index in [1.807, 2.05) is 31.2 Å². The number of fused-ring (bicyclic) bond motifs is 4. The minimum Gasteiger partial charge on any atom is -0.475 e. The molecule has 0 fully saturated rings. The molecule has 0 saturated carbocycles. The van der Waals surface area contributed by atoms with Crippen LogP contribution in [0.3, 0.4) is 0 Å². The molecular weight excluding hydrogens is 362 g/mol. The summed E-state index contributed by atoms with van der Waals surface area (Å²) < 4.78 is 10.8. The molecule has 1 aliphatic carbocycles. The van der Waals surface area contributed by atoms with Crippen molar-refractivity contribution in [2.24, 2.45) is 0 Å². The summed E-state index contributed by atoms with van der Waals surface area (Å²) in [4.78, 5) is 26.2. The van der Waals surface area contributed by atoms with E-state index >= 15 is 0 Å². The Bertz CT molecular complexity index is 1060. The molecule has 2 aliphatic rings. The van der Waals surface area contributed by atoms with Crippen molar-refractivity contribution in [2.45, 2.75) is 32.3 Å². The van der Waals surface area contributed by atoms with E-state index in [4.69, 9.17) is 14.5 Å². The Labute approximate surface area is 160 Å². The van der Waals surface area contributed by atoms with Gasteiger partial charge in [-0.1, -0.05) is 12.1 Å². The third kappa shape index (κ3) is 2.56. The SMILES string of the molecule is COC(=O)[C@H]1CN(c2nc(C)nc3sc4c(c23)CCC4)c2ccccc2O1. The van der Waals surface area contributed by atoms with E-state index in [2.05, 4.69) is 9.88 Å². The number of esters is 1. The molecule has 3 aromatic rings. The van der Waals surface area contributed by atoms with Gasteiger partial charge in [0.2, 0.25) is 6.10 Å². The number of hydrogen-bond acceptors (Lipinski definition) is 7. The number of aromatic nitrogens is 2. The Balaban J connectivity index is 1.72. The summed E-state index contributed by atoms with van der Waals surface area (Å²) in [6, 6.07) is 7.75. The zero-order valence-corrected chi connectivity index (χ0v) is 16.0. The van der Waals surface area contributed by atoms with E-state index in [-0.39, 0.29) is 5.97 Å². The van der Waals surface area contributed by atoms with Gasteiger partial charge in [-0.25, -0.2) is 14.8 Å². The van der Waals surface area contributed by atoms with Crippen LogP contribution >= 0.6 is 11.3 Å². The lowest BCUT2D eigenvalue weighted by molar-refractivity contribution is -0.148. The smallest absolute Gasteiger partial charge is 0.348 e. The maximum Gasteiger partial charge on any atom is 0.348 e. The fourth-order valence-corrected chi connectivity index (χ4v) is 5.27. The van der Waals surface area contributed by atoms with Gasteiger partial charge in [-0.2, -0.15) is 0 Å². The van der Waals surface area contributed by atoms with Crippen LogP contribution < -0.4 is 9.64 Å². The summed E-state index contributed by atoms with van der Waals surface area (Å²) in [5, 5.41) is 1.12. The van der Waals surface area contributed by atoms with Gasteiger partial charge in [0, 0.05) is 4.88 Å². The number of rotatable bonds is 2. The summed E-state index contributed by atoms with van der Waals surface area (Å²) in [6.07, 6.45) is 2.65. The highest BCUT2D eigenvalue weighted by Crippen LogP contribution is 2.45. The van der Waals surface area contributed by atoms with Crippen LogP contribution in [-0.2, 0) is 22.4 Å². The first-order valence-corrected chi connectivity index (χ1v) is 9.87. The van der Waals surface area contributed by atoms with Crippen molar-refractivity contribution in [2.75, 3.05) is 18.6 Å². The van der Waals surface area contributed by atoms with E-state index in [1.54, 1.807) is 11.3 Å². The third-order valence-electron chi connectivity index (χ3n) is 5.15. The monoisotopic (exact) mass is 381 g/mol. The molecule has 138 valence electrons. The number of aryl methyl sites for hydroxylation is 3. The molecule has 3 heterocycles. The number of carbonyl (C=O) groups excluding carboxylic acids is 1. The van der Waals surface area contributed by atoms with Gasteiger partial charge in [0.25, 0.3) is 0 Å². The van der Waals surface area contributed by atoms with Crippen LogP contribution in [-0.4, -0.2) is 35.7 Å². The molecule has 0 amide bonds. The number of carbonyl (C=O) groups is 1. The van der Waals surface area contributed by atoms with Gasteiger partial charge in [0.1, 0.15) is 22.2 Å². The van der Waals surface area contributed by atoms with Crippen molar-refractivity contribution < 1.29 is 14.3 Å². The Morgan fingerprint density at radius 1 is 1.30 bits per heavy atom. The quantitative estimate of drug-likeness (QED) is 0.633. The summed E-state index contributed by atoms with van der Waals surface area (Å²) >= 11 is 1.77. The zero-order chi connectivity index (χ0) is 18.5. The van der Waals surface area contributed by atoms with Crippen LogP contribution in [0.2, 0.25) is 0 Å². The predicted molar refractivity (Wildman–Crippen MR) is 104 cm³/mol. The van der Waals surface area contributed by atoms with Crippen LogP contribution in [0.5, 0.6) is 5.75 Å². The topological polar surface area (TPSA) is 64.5 Å². The summed E-state index contributed by atoms with van der Waals surface area (Å²) in [5.41, 5.74) is 2.28. The van der Waals surface area contributed by atoms with Gasteiger partial charge >= 0.3 is 5.97 Å². The summed E-state index contributed by atoms with van der Waals surface area (Å²) in [6.45, 7) is 2.28. The first-order valence-electron chi connectivity index (χ1n) is 9.05. The van der Waals surface area contributed by atoms with Crippen LogP contribution in [0.4, 0.5) is 11.5 Å². The highest BCUT2D eigenvalue weighted by atomic mass is 32.1. The molecule has 0 bridgehead atoms.